The molecule has 1 aliphatic heterocycles. The number of nitrogens with zero attached hydrogens (tertiary/aromatic N) is 4. The maximum atomic E-state index is 12.8. The van der Waals surface area contributed by atoms with E-state index in [1.807, 2.05) is 4.90 Å². The SMILES string of the molecule is Fc1cnc(N2CCC(COc3cccc(C(F)(F)F)n3)CC2)nc1. The van der Waals surface area contributed by atoms with Crippen LogP contribution >= 0.6 is 0 Å². The van der Waals surface area contributed by atoms with Gasteiger partial charge in [0.05, 0.1) is 19.0 Å². The van der Waals surface area contributed by atoms with E-state index in [1.54, 1.807) is 0 Å². The van der Waals surface area contributed by atoms with Crippen LogP contribution in [0.15, 0.2) is 30.6 Å². The van der Waals surface area contributed by atoms with Crippen molar-refractivity contribution < 1.29 is 22.3 Å². The Kier molecular flexibility index (Phi) is 5.00. The molecule has 0 spiro atoms. The van der Waals surface area contributed by atoms with E-state index in [4.69, 9.17) is 4.74 Å². The zero-order valence-corrected chi connectivity index (χ0v) is 13.2. The number of pyridine rings is 1. The molecule has 0 aromatic carbocycles. The van der Waals surface area contributed by atoms with Crippen molar-refractivity contribution in [1.29, 1.82) is 0 Å². The molecule has 3 rings (SSSR count). The van der Waals surface area contributed by atoms with Gasteiger partial charge in [-0.15, -0.1) is 0 Å². The molecule has 0 aliphatic carbocycles. The number of ether oxygens (including phenoxy) is 1. The molecule has 0 radical (unpaired) electrons. The van der Waals surface area contributed by atoms with E-state index in [9.17, 15) is 17.6 Å². The van der Waals surface area contributed by atoms with Crippen LogP contribution in [0, 0.1) is 11.7 Å². The number of halogens is 4. The van der Waals surface area contributed by atoms with E-state index in [0.29, 0.717) is 25.6 Å². The summed E-state index contributed by atoms with van der Waals surface area (Å²) in [4.78, 5) is 13.3. The molecule has 25 heavy (non-hydrogen) atoms. The van der Waals surface area contributed by atoms with Gasteiger partial charge in [0.25, 0.3) is 0 Å². The molecule has 0 bridgehead atoms. The second kappa shape index (κ2) is 7.20. The number of aromatic nitrogens is 3. The Morgan fingerprint density at radius 2 is 1.80 bits per heavy atom. The number of alkyl halides is 3. The maximum Gasteiger partial charge on any atom is 0.433 e. The minimum atomic E-state index is -4.49. The third-order valence-corrected chi connectivity index (χ3v) is 3.98. The van der Waals surface area contributed by atoms with Crippen LogP contribution in [0.1, 0.15) is 18.5 Å². The first-order valence-electron chi connectivity index (χ1n) is 7.81. The normalized spacial score (nSPS) is 16.1. The van der Waals surface area contributed by atoms with Gasteiger partial charge in [-0.05, 0) is 24.8 Å². The van der Waals surface area contributed by atoms with Gasteiger partial charge in [0.15, 0.2) is 5.82 Å². The maximum absolute atomic E-state index is 12.8. The molecule has 5 nitrogen and oxygen atoms in total. The standard InChI is InChI=1S/C16H16F4N4O/c17-12-8-21-15(22-9-12)24-6-4-11(5-7-24)10-25-14-3-1-2-13(23-14)16(18,19)20/h1-3,8-9,11H,4-7,10H2. The van der Waals surface area contributed by atoms with Crippen molar-refractivity contribution in [2.75, 3.05) is 24.6 Å². The minimum absolute atomic E-state index is 0.0286. The first-order valence-corrected chi connectivity index (χ1v) is 7.81. The van der Waals surface area contributed by atoms with Crippen molar-refractivity contribution in [3.63, 3.8) is 0 Å². The summed E-state index contributed by atoms with van der Waals surface area (Å²) in [6, 6.07) is 3.60. The van der Waals surface area contributed by atoms with Crippen LogP contribution in [0.4, 0.5) is 23.5 Å². The van der Waals surface area contributed by atoms with E-state index in [0.717, 1.165) is 31.3 Å². The lowest BCUT2D eigenvalue weighted by atomic mass is 9.98. The summed E-state index contributed by atoms with van der Waals surface area (Å²) in [6.07, 6.45) is -0.688. The van der Waals surface area contributed by atoms with Gasteiger partial charge in [-0.2, -0.15) is 13.2 Å². The summed E-state index contributed by atoms with van der Waals surface area (Å²) in [5, 5.41) is 0. The van der Waals surface area contributed by atoms with Crippen LogP contribution in [0.5, 0.6) is 5.88 Å². The first-order chi connectivity index (χ1) is 11.9. The molecule has 3 heterocycles. The zero-order valence-electron chi connectivity index (χ0n) is 13.2. The van der Waals surface area contributed by atoms with E-state index >= 15 is 0 Å². The van der Waals surface area contributed by atoms with Crippen molar-refractivity contribution >= 4 is 5.95 Å². The van der Waals surface area contributed by atoms with E-state index in [2.05, 4.69) is 15.0 Å². The molecule has 9 heteroatoms. The highest BCUT2D eigenvalue weighted by atomic mass is 19.4. The lowest BCUT2D eigenvalue weighted by molar-refractivity contribution is -0.141. The van der Waals surface area contributed by atoms with Crippen molar-refractivity contribution in [1.82, 2.24) is 15.0 Å². The zero-order chi connectivity index (χ0) is 17.9. The molecule has 2 aromatic rings. The highest BCUT2D eigenvalue weighted by Gasteiger charge is 2.32. The summed E-state index contributed by atoms with van der Waals surface area (Å²) in [7, 11) is 0. The molecule has 1 aliphatic rings. The number of anilines is 1. The van der Waals surface area contributed by atoms with Crippen molar-refractivity contribution in [2.24, 2.45) is 5.92 Å². The van der Waals surface area contributed by atoms with Crippen LogP contribution in [0.3, 0.4) is 0 Å². The Morgan fingerprint density at radius 1 is 1.12 bits per heavy atom. The molecule has 0 atom stereocenters. The minimum Gasteiger partial charge on any atom is -0.477 e. The highest BCUT2D eigenvalue weighted by Crippen LogP contribution is 2.29. The van der Waals surface area contributed by atoms with Gasteiger partial charge < -0.3 is 9.64 Å². The Bertz CT molecular complexity index is 700. The molecule has 1 saturated heterocycles. The molecule has 0 saturated carbocycles. The van der Waals surface area contributed by atoms with Gasteiger partial charge in [0.1, 0.15) is 5.69 Å². The van der Waals surface area contributed by atoms with Gasteiger partial charge in [-0.25, -0.2) is 19.3 Å². The molecule has 0 N–H and O–H groups in total. The quantitative estimate of drug-likeness (QED) is 0.787. The van der Waals surface area contributed by atoms with Crippen molar-refractivity contribution in [3.05, 3.63) is 42.1 Å². The van der Waals surface area contributed by atoms with Gasteiger partial charge in [0.2, 0.25) is 11.8 Å². The summed E-state index contributed by atoms with van der Waals surface area (Å²) >= 11 is 0. The van der Waals surface area contributed by atoms with Crippen LogP contribution in [0.25, 0.3) is 0 Å². The van der Waals surface area contributed by atoms with Crippen LogP contribution in [-0.4, -0.2) is 34.6 Å². The van der Waals surface area contributed by atoms with E-state index in [1.165, 1.54) is 12.1 Å². The summed E-state index contributed by atoms with van der Waals surface area (Å²) in [6.45, 7) is 1.65. The number of piperidine rings is 1. The molecular weight excluding hydrogens is 340 g/mol. The van der Waals surface area contributed by atoms with Crippen molar-refractivity contribution in [3.8, 4) is 5.88 Å². The lowest BCUT2D eigenvalue weighted by Crippen LogP contribution is -2.36. The second-order valence-electron chi connectivity index (χ2n) is 5.80. The smallest absolute Gasteiger partial charge is 0.433 e. The Hall–Kier alpha value is -2.45. The third kappa shape index (κ3) is 4.55. The van der Waals surface area contributed by atoms with Crippen LogP contribution in [-0.2, 0) is 6.18 Å². The topological polar surface area (TPSA) is 51.1 Å². The lowest BCUT2D eigenvalue weighted by Gasteiger charge is -2.31. The van der Waals surface area contributed by atoms with Gasteiger partial charge in [-0.1, -0.05) is 6.07 Å². The molecule has 0 unspecified atom stereocenters. The van der Waals surface area contributed by atoms with E-state index in [-0.39, 0.29) is 11.8 Å². The molecule has 134 valence electrons. The first kappa shape index (κ1) is 17.4. The van der Waals surface area contributed by atoms with Crippen LogP contribution in [0.2, 0.25) is 0 Å². The summed E-state index contributed by atoms with van der Waals surface area (Å²) in [5.74, 6) is 0.160. The summed E-state index contributed by atoms with van der Waals surface area (Å²) < 4.78 is 56.2. The number of hydrogen-bond donors (Lipinski definition) is 0. The third-order valence-electron chi connectivity index (χ3n) is 3.98. The van der Waals surface area contributed by atoms with E-state index < -0.39 is 17.7 Å². The van der Waals surface area contributed by atoms with Crippen molar-refractivity contribution in [2.45, 2.75) is 19.0 Å². The fourth-order valence-electron chi connectivity index (χ4n) is 2.62. The van der Waals surface area contributed by atoms with Gasteiger partial charge >= 0.3 is 6.18 Å². The fraction of sp³-hybridized carbons (Fsp3) is 0.438. The Balaban J connectivity index is 1.50. The number of hydrogen-bond acceptors (Lipinski definition) is 5. The fourth-order valence-corrected chi connectivity index (χ4v) is 2.62. The Labute approximate surface area is 141 Å². The largest absolute Gasteiger partial charge is 0.477 e. The number of rotatable bonds is 4. The molecule has 2 aromatic heterocycles. The van der Waals surface area contributed by atoms with Gasteiger partial charge in [0, 0.05) is 19.2 Å². The monoisotopic (exact) mass is 356 g/mol. The molecule has 1 fully saturated rings. The highest BCUT2D eigenvalue weighted by molar-refractivity contribution is 5.29. The molecular formula is C16H16F4N4O. The predicted molar refractivity (Wildman–Crippen MR) is 81.7 cm³/mol. The Morgan fingerprint density at radius 3 is 2.44 bits per heavy atom. The summed E-state index contributed by atoms with van der Waals surface area (Å²) in [5.41, 5.74) is -0.965. The average molecular weight is 356 g/mol. The predicted octanol–water partition coefficient (Wildman–Crippen LogP) is 3.32. The average Bonchev–Trinajstić information content (AvgIpc) is 2.61. The second-order valence-corrected chi connectivity index (χ2v) is 5.80. The van der Waals surface area contributed by atoms with Gasteiger partial charge in [-0.3, -0.25) is 0 Å². The van der Waals surface area contributed by atoms with Crippen LogP contribution < -0.4 is 9.64 Å². The molecule has 0 amide bonds.